The van der Waals surface area contributed by atoms with E-state index < -0.39 is 12.1 Å². The SMILES string of the molecule is CCOc1ccccc1Oc1c(C)oc2cc(O[C@@H](C)C(=O)OC)ccc2c1=O. The van der Waals surface area contributed by atoms with Crippen LogP contribution in [0.1, 0.15) is 19.6 Å². The fraction of sp³-hybridized carbons (Fsp3) is 0.273. The van der Waals surface area contributed by atoms with E-state index in [4.69, 9.17) is 18.6 Å². The molecule has 0 aliphatic rings. The molecule has 0 radical (unpaired) electrons. The Morgan fingerprint density at radius 2 is 1.86 bits per heavy atom. The Balaban J connectivity index is 1.96. The van der Waals surface area contributed by atoms with Crippen LogP contribution in [-0.4, -0.2) is 25.8 Å². The topological polar surface area (TPSA) is 84.2 Å². The van der Waals surface area contributed by atoms with E-state index in [-0.39, 0.29) is 11.2 Å². The number of carbonyl (C=O) groups excluding carboxylic acids is 1. The highest BCUT2D eigenvalue weighted by atomic mass is 16.6. The van der Waals surface area contributed by atoms with Gasteiger partial charge >= 0.3 is 5.97 Å². The van der Waals surface area contributed by atoms with Gasteiger partial charge in [-0.3, -0.25) is 4.79 Å². The van der Waals surface area contributed by atoms with Crippen molar-refractivity contribution in [2.75, 3.05) is 13.7 Å². The summed E-state index contributed by atoms with van der Waals surface area (Å²) >= 11 is 0. The number of hydrogen-bond acceptors (Lipinski definition) is 7. The number of benzene rings is 2. The first-order valence-electron chi connectivity index (χ1n) is 9.16. The van der Waals surface area contributed by atoms with Gasteiger partial charge in [-0.05, 0) is 45.0 Å². The smallest absolute Gasteiger partial charge is 0.346 e. The number of carbonyl (C=O) groups is 1. The Labute approximate surface area is 167 Å². The maximum atomic E-state index is 13.0. The first kappa shape index (κ1) is 20.3. The Morgan fingerprint density at radius 1 is 1.14 bits per heavy atom. The maximum Gasteiger partial charge on any atom is 0.346 e. The molecule has 1 atom stereocenters. The standard InChI is InChI=1S/C22H22O7/c1-5-26-17-8-6-7-9-18(17)29-21-13(2)28-19-12-15(10-11-16(19)20(21)23)27-14(3)22(24)25-4/h6-12,14H,5H2,1-4H3/t14-/m0/s1. The summed E-state index contributed by atoms with van der Waals surface area (Å²) in [4.78, 5) is 24.5. The minimum absolute atomic E-state index is 0.0845. The van der Waals surface area contributed by atoms with Crippen molar-refractivity contribution in [1.82, 2.24) is 0 Å². The summed E-state index contributed by atoms with van der Waals surface area (Å²) in [5, 5.41) is 0.331. The molecule has 0 spiro atoms. The van der Waals surface area contributed by atoms with E-state index in [1.165, 1.54) is 7.11 Å². The van der Waals surface area contributed by atoms with Gasteiger partial charge < -0.3 is 23.4 Å². The van der Waals surface area contributed by atoms with E-state index in [2.05, 4.69) is 4.74 Å². The van der Waals surface area contributed by atoms with Crippen molar-refractivity contribution in [3.8, 4) is 23.0 Å². The lowest BCUT2D eigenvalue weighted by Crippen LogP contribution is -2.24. The van der Waals surface area contributed by atoms with Crippen LogP contribution in [0.15, 0.2) is 51.7 Å². The second-order valence-corrected chi connectivity index (χ2v) is 6.24. The van der Waals surface area contributed by atoms with E-state index in [0.29, 0.717) is 40.6 Å². The average molecular weight is 398 g/mol. The molecule has 0 saturated heterocycles. The summed E-state index contributed by atoms with van der Waals surface area (Å²) in [6.07, 6.45) is -0.789. The van der Waals surface area contributed by atoms with Crippen LogP contribution in [0.3, 0.4) is 0 Å². The van der Waals surface area contributed by atoms with Crippen LogP contribution in [0.2, 0.25) is 0 Å². The quantitative estimate of drug-likeness (QED) is 0.551. The van der Waals surface area contributed by atoms with E-state index in [1.54, 1.807) is 50.2 Å². The Kier molecular flexibility index (Phi) is 6.07. The number of aryl methyl sites for hydroxylation is 1. The third-order valence-electron chi connectivity index (χ3n) is 4.19. The van der Waals surface area contributed by atoms with Gasteiger partial charge in [0.05, 0.1) is 19.1 Å². The van der Waals surface area contributed by atoms with Gasteiger partial charge in [0.1, 0.15) is 17.1 Å². The summed E-state index contributed by atoms with van der Waals surface area (Å²) in [5.41, 5.74) is 0.00938. The third-order valence-corrected chi connectivity index (χ3v) is 4.19. The number of rotatable bonds is 7. The molecule has 3 rings (SSSR count). The van der Waals surface area contributed by atoms with Gasteiger partial charge in [0.15, 0.2) is 17.6 Å². The highest BCUT2D eigenvalue weighted by Crippen LogP contribution is 2.33. The Bertz CT molecular complexity index is 1080. The second-order valence-electron chi connectivity index (χ2n) is 6.24. The molecule has 0 amide bonds. The predicted molar refractivity (Wildman–Crippen MR) is 107 cm³/mol. The summed E-state index contributed by atoms with van der Waals surface area (Å²) in [7, 11) is 1.29. The molecular weight excluding hydrogens is 376 g/mol. The summed E-state index contributed by atoms with van der Waals surface area (Å²) < 4.78 is 27.4. The monoisotopic (exact) mass is 398 g/mol. The van der Waals surface area contributed by atoms with Crippen molar-refractivity contribution >= 4 is 16.9 Å². The molecule has 7 heteroatoms. The van der Waals surface area contributed by atoms with Crippen LogP contribution in [0, 0.1) is 6.92 Å². The number of ether oxygens (including phenoxy) is 4. The van der Waals surface area contributed by atoms with Gasteiger partial charge in [-0.25, -0.2) is 4.79 Å². The third kappa shape index (κ3) is 4.34. The molecule has 29 heavy (non-hydrogen) atoms. The van der Waals surface area contributed by atoms with E-state index in [0.717, 1.165) is 0 Å². The summed E-state index contributed by atoms with van der Waals surface area (Å²) in [6.45, 7) is 5.56. The van der Waals surface area contributed by atoms with Crippen LogP contribution < -0.4 is 19.6 Å². The van der Waals surface area contributed by atoms with Gasteiger partial charge in [-0.2, -0.15) is 0 Å². The highest BCUT2D eigenvalue weighted by Gasteiger charge is 2.18. The minimum atomic E-state index is -0.789. The Hall–Kier alpha value is -3.48. The van der Waals surface area contributed by atoms with Crippen molar-refractivity contribution < 1.29 is 28.2 Å². The molecule has 0 bridgehead atoms. The van der Waals surface area contributed by atoms with Gasteiger partial charge in [0.25, 0.3) is 0 Å². The average Bonchev–Trinajstić information content (AvgIpc) is 2.71. The van der Waals surface area contributed by atoms with Gasteiger partial charge in [0, 0.05) is 6.07 Å². The van der Waals surface area contributed by atoms with Crippen LogP contribution in [0.4, 0.5) is 0 Å². The summed E-state index contributed by atoms with van der Waals surface area (Å²) in [5.74, 6) is 1.24. The molecule has 0 unspecified atom stereocenters. The largest absolute Gasteiger partial charge is 0.490 e. The van der Waals surface area contributed by atoms with Crippen molar-refractivity contribution in [3.05, 3.63) is 58.4 Å². The first-order valence-corrected chi connectivity index (χ1v) is 9.16. The van der Waals surface area contributed by atoms with Crippen molar-refractivity contribution in [1.29, 1.82) is 0 Å². The molecule has 0 aliphatic carbocycles. The predicted octanol–water partition coefficient (Wildman–Crippen LogP) is 4.23. The number of hydrogen-bond donors (Lipinski definition) is 0. The second kappa shape index (κ2) is 8.68. The zero-order valence-electron chi connectivity index (χ0n) is 16.7. The van der Waals surface area contributed by atoms with Crippen molar-refractivity contribution in [2.45, 2.75) is 26.9 Å². The zero-order valence-corrected chi connectivity index (χ0v) is 16.7. The Morgan fingerprint density at radius 3 is 2.55 bits per heavy atom. The minimum Gasteiger partial charge on any atom is -0.490 e. The number of fused-ring (bicyclic) bond motifs is 1. The van der Waals surface area contributed by atoms with E-state index >= 15 is 0 Å². The van der Waals surface area contributed by atoms with Crippen LogP contribution >= 0.6 is 0 Å². The lowest BCUT2D eigenvalue weighted by molar-refractivity contribution is -0.147. The highest BCUT2D eigenvalue weighted by molar-refractivity contribution is 5.80. The van der Waals surface area contributed by atoms with Crippen LogP contribution in [-0.2, 0) is 9.53 Å². The lowest BCUT2D eigenvalue weighted by Gasteiger charge is -2.14. The van der Waals surface area contributed by atoms with Crippen molar-refractivity contribution in [3.63, 3.8) is 0 Å². The molecule has 2 aromatic carbocycles. The molecule has 1 heterocycles. The van der Waals surface area contributed by atoms with Crippen molar-refractivity contribution in [2.24, 2.45) is 0 Å². The molecule has 0 saturated carbocycles. The van der Waals surface area contributed by atoms with Gasteiger partial charge in [-0.1, -0.05) is 12.1 Å². The van der Waals surface area contributed by atoms with Gasteiger partial charge in [0.2, 0.25) is 11.2 Å². The maximum absolute atomic E-state index is 13.0. The molecular formula is C22H22O7. The lowest BCUT2D eigenvalue weighted by atomic mass is 10.2. The zero-order chi connectivity index (χ0) is 21.0. The molecule has 0 N–H and O–H groups in total. The first-order chi connectivity index (χ1) is 13.9. The van der Waals surface area contributed by atoms with E-state index in [9.17, 15) is 9.59 Å². The number of methoxy groups -OCH3 is 1. The molecule has 3 aromatic rings. The van der Waals surface area contributed by atoms with Crippen LogP contribution in [0.25, 0.3) is 11.0 Å². The number of para-hydroxylation sites is 2. The number of esters is 1. The molecule has 1 aromatic heterocycles. The fourth-order valence-corrected chi connectivity index (χ4v) is 2.80. The van der Waals surface area contributed by atoms with E-state index in [1.807, 2.05) is 13.0 Å². The molecule has 7 nitrogen and oxygen atoms in total. The molecule has 0 aliphatic heterocycles. The molecule has 152 valence electrons. The van der Waals surface area contributed by atoms with Gasteiger partial charge in [-0.15, -0.1) is 0 Å². The van der Waals surface area contributed by atoms with Crippen LogP contribution in [0.5, 0.6) is 23.0 Å². The fourth-order valence-electron chi connectivity index (χ4n) is 2.80. The molecule has 0 fully saturated rings. The normalized spacial score (nSPS) is 11.7. The summed E-state index contributed by atoms with van der Waals surface area (Å²) in [6, 6.07) is 11.8.